The van der Waals surface area contributed by atoms with Gasteiger partial charge in [0.05, 0.1) is 15.1 Å². The van der Waals surface area contributed by atoms with Gasteiger partial charge in [-0.05, 0) is 36.8 Å². The molecule has 30 heavy (non-hydrogen) atoms. The summed E-state index contributed by atoms with van der Waals surface area (Å²) in [6.07, 6.45) is 1.16. The number of amides is 1. The predicted molar refractivity (Wildman–Crippen MR) is 114 cm³/mol. The average molecular weight is 421 g/mol. The molecule has 150 valence electrons. The maximum absolute atomic E-state index is 12.2. The van der Waals surface area contributed by atoms with Crippen molar-refractivity contribution in [3.05, 3.63) is 76.1 Å². The first-order chi connectivity index (χ1) is 14.5. The Kier molecular flexibility index (Phi) is 5.18. The molecule has 10 nitrogen and oxygen atoms in total. The van der Waals surface area contributed by atoms with Crippen LogP contribution in [-0.4, -0.2) is 25.8 Å². The van der Waals surface area contributed by atoms with Gasteiger partial charge in [-0.1, -0.05) is 35.6 Å². The second kappa shape index (κ2) is 8.09. The van der Waals surface area contributed by atoms with Gasteiger partial charge in [-0.15, -0.1) is 0 Å². The van der Waals surface area contributed by atoms with E-state index in [1.54, 1.807) is 30.3 Å². The molecule has 4 rings (SSSR count). The Morgan fingerprint density at radius 3 is 2.63 bits per heavy atom. The summed E-state index contributed by atoms with van der Waals surface area (Å²) >= 11 is 1.35. The van der Waals surface area contributed by atoms with Crippen molar-refractivity contribution < 1.29 is 9.72 Å². The lowest BCUT2D eigenvalue weighted by Crippen LogP contribution is -2.30. The maximum atomic E-state index is 12.2. The summed E-state index contributed by atoms with van der Waals surface area (Å²) in [5, 5.41) is 15.0. The molecule has 2 aromatic heterocycles. The van der Waals surface area contributed by atoms with Gasteiger partial charge in [0.25, 0.3) is 5.91 Å². The van der Waals surface area contributed by atoms with Crippen LogP contribution < -0.4 is 16.2 Å². The fourth-order valence-electron chi connectivity index (χ4n) is 2.70. The number of hydrazine groups is 1. The highest BCUT2D eigenvalue weighted by Crippen LogP contribution is 2.34. The molecule has 0 aliphatic carbocycles. The maximum Gasteiger partial charge on any atom is 0.355 e. The minimum absolute atomic E-state index is 0.0396. The van der Waals surface area contributed by atoms with E-state index < -0.39 is 16.5 Å². The number of carbonyl (C=O) groups excluding carboxylic acids is 1. The van der Waals surface area contributed by atoms with E-state index in [9.17, 15) is 14.9 Å². The van der Waals surface area contributed by atoms with E-state index in [0.717, 1.165) is 22.1 Å². The van der Waals surface area contributed by atoms with E-state index in [0.29, 0.717) is 10.7 Å². The molecule has 0 fully saturated rings. The molecule has 0 saturated carbocycles. The van der Waals surface area contributed by atoms with Crippen molar-refractivity contribution in [2.24, 2.45) is 0 Å². The number of nitrogens with one attached hydrogen (secondary N) is 3. The number of nitrogens with zero attached hydrogens (tertiary/aromatic N) is 4. The fourth-order valence-corrected chi connectivity index (χ4v) is 3.66. The Hall–Kier alpha value is -4.12. The number of hydrogen-bond acceptors (Lipinski definition) is 9. The second-order valence-electron chi connectivity index (χ2n) is 6.24. The monoisotopic (exact) mass is 421 g/mol. The smallest absolute Gasteiger partial charge is 0.310 e. The van der Waals surface area contributed by atoms with Gasteiger partial charge in [-0.25, -0.2) is 15.0 Å². The van der Waals surface area contributed by atoms with Crippen molar-refractivity contribution in [3.63, 3.8) is 0 Å². The van der Waals surface area contributed by atoms with Gasteiger partial charge in [-0.2, -0.15) is 0 Å². The van der Waals surface area contributed by atoms with Crippen LogP contribution in [0.25, 0.3) is 10.2 Å². The van der Waals surface area contributed by atoms with E-state index in [1.165, 1.54) is 11.3 Å². The van der Waals surface area contributed by atoms with Gasteiger partial charge >= 0.3 is 5.69 Å². The molecule has 1 amide bonds. The lowest BCUT2D eigenvalue weighted by Gasteiger charge is -2.10. The lowest BCUT2D eigenvalue weighted by atomic mass is 10.2. The molecule has 0 radical (unpaired) electrons. The topological polar surface area (TPSA) is 135 Å². The van der Waals surface area contributed by atoms with Crippen LogP contribution in [0.5, 0.6) is 0 Å². The standard InChI is InChI=1S/C19H15N7O3S/c1-11-7-8-13-14(9-11)30-19(22-13)23-16-15(26(28)29)17(21-10-20-16)24-25-18(27)12-5-3-2-4-6-12/h2-10H,1H3,(H,25,27)(H2,20,21,22,23,24). The number of thiazole rings is 1. The highest BCUT2D eigenvalue weighted by molar-refractivity contribution is 7.22. The molecule has 4 aromatic rings. The molecule has 0 spiro atoms. The molecule has 0 atom stereocenters. The zero-order valence-electron chi connectivity index (χ0n) is 15.6. The van der Waals surface area contributed by atoms with Crippen LogP contribution >= 0.6 is 11.3 Å². The summed E-state index contributed by atoms with van der Waals surface area (Å²) in [7, 11) is 0. The van der Waals surface area contributed by atoms with E-state index in [-0.39, 0.29) is 11.6 Å². The van der Waals surface area contributed by atoms with Gasteiger partial charge in [0.1, 0.15) is 6.33 Å². The second-order valence-corrected chi connectivity index (χ2v) is 7.27. The van der Waals surface area contributed by atoms with Crippen LogP contribution in [0.1, 0.15) is 15.9 Å². The Morgan fingerprint density at radius 1 is 1.10 bits per heavy atom. The number of fused-ring (bicyclic) bond motifs is 1. The molecule has 2 heterocycles. The van der Waals surface area contributed by atoms with Crippen LogP contribution in [0.15, 0.2) is 54.9 Å². The molecule has 0 saturated heterocycles. The number of anilines is 3. The summed E-state index contributed by atoms with van der Waals surface area (Å²) in [4.78, 5) is 35.5. The number of aromatic nitrogens is 3. The average Bonchev–Trinajstić information content (AvgIpc) is 3.13. The third-order valence-corrected chi connectivity index (χ3v) is 5.04. The number of hydrogen-bond donors (Lipinski definition) is 3. The normalized spacial score (nSPS) is 10.6. The SMILES string of the molecule is Cc1ccc2nc(Nc3ncnc(NNC(=O)c4ccccc4)c3[N+](=O)[O-])sc2c1. The summed E-state index contributed by atoms with van der Waals surface area (Å²) in [5.41, 5.74) is 6.75. The molecular formula is C19H15N7O3S. The summed E-state index contributed by atoms with van der Waals surface area (Å²) in [5.74, 6) is -0.652. The summed E-state index contributed by atoms with van der Waals surface area (Å²) in [6, 6.07) is 14.2. The lowest BCUT2D eigenvalue weighted by molar-refractivity contribution is -0.383. The highest BCUT2D eigenvalue weighted by atomic mass is 32.1. The Balaban J connectivity index is 1.59. The van der Waals surface area contributed by atoms with Crippen molar-refractivity contribution >= 4 is 49.9 Å². The number of aryl methyl sites for hydroxylation is 1. The molecule has 0 unspecified atom stereocenters. The fraction of sp³-hybridized carbons (Fsp3) is 0.0526. The van der Waals surface area contributed by atoms with Gasteiger partial charge in [-0.3, -0.25) is 25.8 Å². The summed E-state index contributed by atoms with van der Waals surface area (Å²) < 4.78 is 0.947. The molecule has 0 bridgehead atoms. The largest absolute Gasteiger partial charge is 0.355 e. The molecule has 11 heteroatoms. The molecule has 3 N–H and O–H groups in total. The van der Waals surface area contributed by atoms with Crippen molar-refractivity contribution in [2.45, 2.75) is 6.92 Å². The van der Waals surface area contributed by atoms with Crippen LogP contribution in [0.4, 0.5) is 22.5 Å². The molecule has 0 aliphatic rings. The van der Waals surface area contributed by atoms with Gasteiger partial charge in [0.15, 0.2) is 5.13 Å². The third kappa shape index (κ3) is 4.00. The van der Waals surface area contributed by atoms with Crippen molar-refractivity contribution in [1.29, 1.82) is 0 Å². The van der Waals surface area contributed by atoms with Gasteiger partial charge in [0.2, 0.25) is 11.6 Å². The van der Waals surface area contributed by atoms with Crippen molar-refractivity contribution in [2.75, 3.05) is 10.7 Å². The van der Waals surface area contributed by atoms with E-state index in [2.05, 4.69) is 31.1 Å². The number of benzene rings is 2. The van der Waals surface area contributed by atoms with Crippen LogP contribution in [0.3, 0.4) is 0 Å². The molecular weight excluding hydrogens is 406 g/mol. The van der Waals surface area contributed by atoms with Gasteiger partial charge < -0.3 is 5.32 Å². The van der Waals surface area contributed by atoms with E-state index >= 15 is 0 Å². The first-order valence-electron chi connectivity index (χ1n) is 8.76. The number of carbonyl (C=O) groups is 1. The van der Waals surface area contributed by atoms with E-state index in [1.807, 2.05) is 25.1 Å². The first-order valence-corrected chi connectivity index (χ1v) is 9.58. The minimum Gasteiger partial charge on any atom is -0.310 e. The first kappa shape index (κ1) is 19.2. The predicted octanol–water partition coefficient (Wildman–Crippen LogP) is 3.80. The van der Waals surface area contributed by atoms with E-state index in [4.69, 9.17) is 0 Å². The Morgan fingerprint density at radius 2 is 1.87 bits per heavy atom. The van der Waals surface area contributed by atoms with Gasteiger partial charge in [0, 0.05) is 5.56 Å². The quantitative estimate of drug-likeness (QED) is 0.316. The Bertz CT molecular complexity index is 1240. The summed E-state index contributed by atoms with van der Waals surface area (Å²) in [6.45, 7) is 1.98. The zero-order chi connectivity index (χ0) is 21.1. The van der Waals surface area contributed by atoms with Crippen molar-refractivity contribution in [3.8, 4) is 0 Å². The van der Waals surface area contributed by atoms with Crippen LogP contribution in [-0.2, 0) is 0 Å². The molecule has 0 aliphatic heterocycles. The number of nitro groups is 1. The number of rotatable bonds is 6. The third-order valence-electron chi connectivity index (χ3n) is 4.10. The highest BCUT2D eigenvalue weighted by Gasteiger charge is 2.24. The van der Waals surface area contributed by atoms with Crippen molar-refractivity contribution in [1.82, 2.24) is 20.4 Å². The molecule has 2 aromatic carbocycles. The van der Waals surface area contributed by atoms with Crippen LogP contribution in [0, 0.1) is 17.0 Å². The minimum atomic E-state index is -0.628. The van der Waals surface area contributed by atoms with Crippen LogP contribution in [0.2, 0.25) is 0 Å². The zero-order valence-corrected chi connectivity index (χ0v) is 16.4. The Labute approximate surface area is 174 Å².